The second-order valence-electron chi connectivity index (χ2n) is 7.66. The number of aliphatic hydroxyl groups is 1. The average Bonchev–Trinajstić information content (AvgIpc) is 2.71. The summed E-state index contributed by atoms with van der Waals surface area (Å²) in [6.07, 6.45) is 2.99. The van der Waals surface area contributed by atoms with Gasteiger partial charge in [0.15, 0.2) is 0 Å². The Bertz CT molecular complexity index is 638. The van der Waals surface area contributed by atoms with E-state index in [4.69, 9.17) is 9.47 Å². The van der Waals surface area contributed by atoms with Gasteiger partial charge in [0.25, 0.3) is 5.91 Å². The van der Waals surface area contributed by atoms with Gasteiger partial charge in [-0.05, 0) is 51.9 Å². The molecule has 0 saturated carbocycles. The molecule has 150 valence electrons. The number of benzene rings is 1. The Kier molecular flexibility index (Phi) is 6.73. The number of ether oxygens (including phenoxy) is 2. The van der Waals surface area contributed by atoms with Gasteiger partial charge < -0.3 is 24.4 Å². The minimum Gasteiger partial charge on any atom is -0.490 e. The van der Waals surface area contributed by atoms with Crippen molar-refractivity contribution in [1.82, 2.24) is 9.80 Å². The van der Waals surface area contributed by atoms with Gasteiger partial charge in [-0.1, -0.05) is 12.1 Å². The van der Waals surface area contributed by atoms with Gasteiger partial charge in [-0.15, -0.1) is 0 Å². The summed E-state index contributed by atoms with van der Waals surface area (Å²) in [5.74, 6) is 0.616. The van der Waals surface area contributed by atoms with Crippen LogP contribution < -0.4 is 4.74 Å². The molecule has 1 amide bonds. The zero-order valence-electron chi connectivity index (χ0n) is 16.5. The molecule has 27 heavy (non-hydrogen) atoms. The third-order valence-electron chi connectivity index (χ3n) is 6.11. The van der Waals surface area contributed by atoms with E-state index >= 15 is 0 Å². The van der Waals surface area contributed by atoms with E-state index in [2.05, 4.69) is 11.9 Å². The van der Waals surface area contributed by atoms with E-state index in [0.717, 1.165) is 25.8 Å². The first-order valence-corrected chi connectivity index (χ1v) is 10.0. The van der Waals surface area contributed by atoms with Crippen LogP contribution >= 0.6 is 0 Å². The van der Waals surface area contributed by atoms with Gasteiger partial charge in [0.1, 0.15) is 12.4 Å². The van der Waals surface area contributed by atoms with Gasteiger partial charge in [0.05, 0.1) is 18.8 Å². The number of carbonyl (C=O) groups excluding carboxylic acids is 1. The van der Waals surface area contributed by atoms with Gasteiger partial charge >= 0.3 is 0 Å². The Balaban J connectivity index is 1.71. The van der Waals surface area contributed by atoms with Crippen molar-refractivity contribution in [3.63, 3.8) is 0 Å². The fourth-order valence-electron chi connectivity index (χ4n) is 4.50. The van der Waals surface area contributed by atoms with E-state index in [1.807, 2.05) is 36.1 Å². The second kappa shape index (κ2) is 9.04. The van der Waals surface area contributed by atoms with E-state index in [1.165, 1.54) is 0 Å². The highest BCUT2D eigenvalue weighted by Gasteiger charge is 2.47. The first-order chi connectivity index (χ1) is 13.1. The van der Waals surface area contributed by atoms with Crippen LogP contribution in [0.3, 0.4) is 0 Å². The molecule has 2 aliphatic rings. The number of hydrogen-bond acceptors (Lipinski definition) is 5. The van der Waals surface area contributed by atoms with E-state index in [9.17, 15) is 9.90 Å². The van der Waals surface area contributed by atoms with Crippen molar-refractivity contribution < 1.29 is 19.4 Å². The van der Waals surface area contributed by atoms with Crippen LogP contribution in [0.25, 0.3) is 0 Å². The fourth-order valence-corrected chi connectivity index (χ4v) is 4.50. The Morgan fingerprint density at radius 1 is 1.26 bits per heavy atom. The summed E-state index contributed by atoms with van der Waals surface area (Å²) in [4.78, 5) is 17.4. The van der Waals surface area contributed by atoms with E-state index in [1.54, 1.807) is 0 Å². The molecular weight excluding hydrogens is 344 g/mol. The highest BCUT2D eigenvalue weighted by Crippen LogP contribution is 2.42. The molecule has 2 fully saturated rings. The average molecular weight is 376 g/mol. The fraction of sp³-hybridized carbons (Fsp3) is 0.667. The lowest BCUT2D eigenvalue weighted by atomic mass is 9.69. The van der Waals surface area contributed by atoms with Crippen molar-refractivity contribution in [2.75, 3.05) is 53.1 Å². The van der Waals surface area contributed by atoms with Crippen molar-refractivity contribution in [3.05, 3.63) is 29.8 Å². The number of fused-ring (bicyclic) bond motifs is 1. The predicted molar refractivity (Wildman–Crippen MR) is 104 cm³/mol. The number of amides is 1. The molecule has 2 saturated heterocycles. The SMILES string of the molecule is CCOCCOc1ccccc1C(=O)N1CC[C@@]2(CO)CCCN(C)[C@@H]2C1. The van der Waals surface area contributed by atoms with Gasteiger partial charge in [-0.25, -0.2) is 0 Å². The molecule has 2 aliphatic heterocycles. The van der Waals surface area contributed by atoms with Crippen LogP contribution in [0, 0.1) is 5.41 Å². The number of likely N-dealkylation sites (N-methyl/N-ethyl adjacent to an activating group) is 1. The summed E-state index contributed by atoms with van der Waals surface area (Å²) in [6, 6.07) is 7.64. The number of piperidine rings is 2. The van der Waals surface area contributed by atoms with E-state index in [-0.39, 0.29) is 24.0 Å². The van der Waals surface area contributed by atoms with Gasteiger partial charge in [0.2, 0.25) is 0 Å². The third-order valence-corrected chi connectivity index (χ3v) is 6.11. The smallest absolute Gasteiger partial charge is 0.257 e. The maximum atomic E-state index is 13.2. The number of nitrogens with zero attached hydrogens (tertiary/aromatic N) is 2. The maximum Gasteiger partial charge on any atom is 0.257 e. The second-order valence-corrected chi connectivity index (χ2v) is 7.66. The van der Waals surface area contributed by atoms with Crippen LogP contribution in [-0.4, -0.2) is 80.0 Å². The summed E-state index contributed by atoms with van der Waals surface area (Å²) >= 11 is 0. The van der Waals surface area contributed by atoms with Crippen molar-refractivity contribution >= 4 is 5.91 Å². The van der Waals surface area contributed by atoms with Gasteiger partial charge in [-0.2, -0.15) is 0 Å². The van der Waals surface area contributed by atoms with Crippen LogP contribution in [-0.2, 0) is 4.74 Å². The molecule has 1 N–H and O–H groups in total. The minimum absolute atomic E-state index is 0.00697. The third kappa shape index (κ3) is 4.28. The molecular formula is C21H32N2O4. The van der Waals surface area contributed by atoms with Crippen LogP contribution in [0.2, 0.25) is 0 Å². The van der Waals surface area contributed by atoms with Gasteiger partial charge in [0, 0.05) is 31.2 Å². The van der Waals surface area contributed by atoms with Crippen LogP contribution in [0.15, 0.2) is 24.3 Å². The van der Waals surface area contributed by atoms with Crippen LogP contribution in [0.4, 0.5) is 0 Å². The first kappa shape index (κ1) is 20.1. The highest BCUT2D eigenvalue weighted by molar-refractivity contribution is 5.97. The zero-order chi connectivity index (χ0) is 19.3. The molecule has 1 aromatic rings. The van der Waals surface area contributed by atoms with Crippen LogP contribution in [0.1, 0.15) is 36.5 Å². The molecule has 6 heteroatoms. The molecule has 0 radical (unpaired) electrons. The van der Waals surface area contributed by atoms with Crippen molar-refractivity contribution in [2.45, 2.75) is 32.2 Å². The summed E-state index contributed by atoms with van der Waals surface area (Å²) in [7, 11) is 2.10. The molecule has 0 aliphatic carbocycles. The van der Waals surface area contributed by atoms with Crippen LogP contribution in [0.5, 0.6) is 5.75 Å². The summed E-state index contributed by atoms with van der Waals surface area (Å²) in [6.45, 7) is 6.08. The van der Waals surface area contributed by atoms with E-state index < -0.39 is 0 Å². The number of aliphatic hydroxyl groups excluding tert-OH is 1. The molecule has 2 atom stereocenters. The monoisotopic (exact) mass is 376 g/mol. The Labute approximate surface area is 162 Å². The molecule has 0 unspecified atom stereocenters. The Morgan fingerprint density at radius 3 is 2.85 bits per heavy atom. The normalized spacial score (nSPS) is 25.9. The standard InChI is InChI=1S/C21H32N2O4/c1-3-26-13-14-27-18-8-5-4-7-17(18)20(25)23-12-10-21(16-24)9-6-11-22(2)19(21)15-23/h4-5,7-8,19,24H,3,6,9-16H2,1-2H3/t19-,21-/m1/s1. The summed E-state index contributed by atoms with van der Waals surface area (Å²) in [5, 5.41) is 10.1. The molecule has 6 nitrogen and oxygen atoms in total. The molecule has 0 bridgehead atoms. The Morgan fingerprint density at radius 2 is 2.07 bits per heavy atom. The highest BCUT2D eigenvalue weighted by atomic mass is 16.5. The maximum absolute atomic E-state index is 13.2. The number of rotatable bonds is 7. The lowest BCUT2D eigenvalue weighted by Crippen LogP contribution is -2.62. The topological polar surface area (TPSA) is 62.2 Å². The number of para-hydroxylation sites is 1. The molecule has 1 aromatic carbocycles. The van der Waals surface area contributed by atoms with E-state index in [0.29, 0.717) is 44.2 Å². The summed E-state index contributed by atoms with van der Waals surface area (Å²) in [5.41, 5.74) is 0.529. The predicted octanol–water partition coefficient (Wildman–Crippen LogP) is 2.02. The van der Waals surface area contributed by atoms with Crippen molar-refractivity contribution in [1.29, 1.82) is 0 Å². The molecule has 3 rings (SSSR count). The summed E-state index contributed by atoms with van der Waals surface area (Å²) < 4.78 is 11.1. The minimum atomic E-state index is -0.0721. The lowest BCUT2D eigenvalue weighted by molar-refractivity contribution is -0.0601. The largest absolute Gasteiger partial charge is 0.490 e. The van der Waals surface area contributed by atoms with Crippen molar-refractivity contribution in [3.8, 4) is 5.75 Å². The number of likely N-dealkylation sites (tertiary alicyclic amines) is 2. The molecule has 0 spiro atoms. The number of hydrogen-bond donors (Lipinski definition) is 1. The lowest BCUT2D eigenvalue weighted by Gasteiger charge is -2.53. The quantitative estimate of drug-likeness (QED) is 0.738. The van der Waals surface area contributed by atoms with Gasteiger partial charge in [-0.3, -0.25) is 4.79 Å². The Hall–Kier alpha value is -1.63. The zero-order valence-corrected chi connectivity index (χ0v) is 16.5. The molecule has 2 heterocycles. The first-order valence-electron chi connectivity index (χ1n) is 10.0. The molecule has 0 aromatic heterocycles. The number of carbonyl (C=O) groups is 1. The van der Waals surface area contributed by atoms with Crippen molar-refractivity contribution in [2.24, 2.45) is 5.41 Å².